The van der Waals surface area contributed by atoms with Gasteiger partial charge in [-0.3, -0.25) is 4.79 Å². The summed E-state index contributed by atoms with van der Waals surface area (Å²) < 4.78 is 4.87. The minimum atomic E-state index is -1.25. The molecule has 0 aliphatic rings. The molecular formula is C11H15NO4. The SMILES string of the molecule is COc1ccc(C(O)C(C)(C)C(=O)O)cn1. The normalized spacial score (nSPS) is 13.2. The van der Waals surface area contributed by atoms with Crippen molar-refractivity contribution in [2.75, 3.05) is 7.11 Å². The maximum Gasteiger partial charge on any atom is 0.312 e. The smallest absolute Gasteiger partial charge is 0.312 e. The first-order valence-corrected chi connectivity index (χ1v) is 4.81. The third kappa shape index (κ3) is 2.30. The summed E-state index contributed by atoms with van der Waals surface area (Å²) in [6.45, 7) is 2.93. The molecule has 0 aromatic carbocycles. The fraction of sp³-hybridized carbons (Fsp3) is 0.455. The summed E-state index contributed by atoms with van der Waals surface area (Å²) in [6.07, 6.45) is 0.303. The van der Waals surface area contributed by atoms with Gasteiger partial charge >= 0.3 is 5.97 Å². The number of aliphatic carboxylic acids is 1. The Balaban J connectivity index is 2.96. The summed E-state index contributed by atoms with van der Waals surface area (Å²) in [5.74, 6) is -0.639. The van der Waals surface area contributed by atoms with Gasteiger partial charge in [0.15, 0.2) is 0 Å². The summed E-state index contributed by atoms with van der Waals surface area (Å²) in [4.78, 5) is 14.9. The van der Waals surface area contributed by atoms with Crippen molar-refractivity contribution < 1.29 is 19.7 Å². The Labute approximate surface area is 93.7 Å². The van der Waals surface area contributed by atoms with Crippen molar-refractivity contribution in [1.29, 1.82) is 0 Å². The number of pyridine rings is 1. The molecule has 0 aliphatic carbocycles. The Kier molecular flexibility index (Phi) is 3.49. The number of methoxy groups -OCH3 is 1. The molecule has 0 radical (unpaired) electrons. The second-order valence-electron chi connectivity index (χ2n) is 4.06. The summed E-state index contributed by atoms with van der Waals surface area (Å²) in [6, 6.07) is 3.18. The highest BCUT2D eigenvalue weighted by molar-refractivity contribution is 5.74. The number of aliphatic hydroxyl groups excluding tert-OH is 1. The van der Waals surface area contributed by atoms with Gasteiger partial charge in [0.25, 0.3) is 0 Å². The molecule has 1 rings (SSSR count). The number of nitrogens with zero attached hydrogens (tertiary/aromatic N) is 1. The van der Waals surface area contributed by atoms with Crippen molar-refractivity contribution in [1.82, 2.24) is 4.98 Å². The van der Waals surface area contributed by atoms with Crippen LogP contribution in [0.1, 0.15) is 25.5 Å². The van der Waals surface area contributed by atoms with Crippen molar-refractivity contribution in [3.63, 3.8) is 0 Å². The molecule has 88 valence electrons. The first-order valence-electron chi connectivity index (χ1n) is 4.81. The van der Waals surface area contributed by atoms with E-state index >= 15 is 0 Å². The first-order chi connectivity index (χ1) is 7.39. The van der Waals surface area contributed by atoms with Crippen molar-refractivity contribution in [2.24, 2.45) is 5.41 Å². The van der Waals surface area contributed by atoms with Crippen molar-refractivity contribution in [3.8, 4) is 5.88 Å². The number of carboxylic acid groups (broad SMARTS) is 1. The second kappa shape index (κ2) is 4.49. The largest absolute Gasteiger partial charge is 0.481 e. The van der Waals surface area contributed by atoms with E-state index in [1.165, 1.54) is 27.2 Å². The molecule has 0 saturated carbocycles. The Morgan fingerprint density at radius 2 is 2.12 bits per heavy atom. The lowest BCUT2D eigenvalue weighted by molar-refractivity contribution is -0.153. The summed E-state index contributed by atoms with van der Waals surface area (Å²) in [7, 11) is 1.49. The van der Waals surface area contributed by atoms with Gasteiger partial charge in [0, 0.05) is 17.8 Å². The lowest BCUT2D eigenvalue weighted by Gasteiger charge is -2.25. The van der Waals surface area contributed by atoms with E-state index in [1.54, 1.807) is 12.1 Å². The van der Waals surface area contributed by atoms with Gasteiger partial charge in [-0.25, -0.2) is 4.98 Å². The molecule has 0 spiro atoms. The van der Waals surface area contributed by atoms with Crippen LogP contribution in [-0.2, 0) is 4.79 Å². The number of ether oxygens (including phenoxy) is 1. The monoisotopic (exact) mass is 225 g/mol. The molecule has 2 N–H and O–H groups in total. The van der Waals surface area contributed by atoms with Gasteiger partial charge in [-0.1, -0.05) is 0 Å². The van der Waals surface area contributed by atoms with E-state index in [-0.39, 0.29) is 0 Å². The number of hydrogen-bond donors (Lipinski definition) is 2. The van der Waals surface area contributed by atoms with Crippen LogP contribution in [0.4, 0.5) is 0 Å². The van der Waals surface area contributed by atoms with E-state index in [2.05, 4.69) is 4.98 Å². The van der Waals surface area contributed by atoms with Gasteiger partial charge in [-0.2, -0.15) is 0 Å². The van der Waals surface area contributed by atoms with Crippen molar-refractivity contribution in [2.45, 2.75) is 20.0 Å². The van der Waals surface area contributed by atoms with E-state index in [1.807, 2.05) is 0 Å². The topological polar surface area (TPSA) is 79.7 Å². The van der Waals surface area contributed by atoms with Crippen LogP contribution in [0.15, 0.2) is 18.3 Å². The number of carboxylic acids is 1. The third-order valence-electron chi connectivity index (χ3n) is 2.52. The van der Waals surface area contributed by atoms with Crippen LogP contribution in [0, 0.1) is 5.41 Å². The van der Waals surface area contributed by atoms with Crippen LogP contribution < -0.4 is 4.74 Å². The zero-order valence-corrected chi connectivity index (χ0v) is 9.47. The zero-order valence-electron chi connectivity index (χ0n) is 9.47. The van der Waals surface area contributed by atoms with Gasteiger partial charge in [0.2, 0.25) is 5.88 Å². The molecular weight excluding hydrogens is 210 g/mol. The van der Waals surface area contributed by atoms with Crippen molar-refractivity contribution in [3.05, 3.63) is 23.9 Å². The predicted molar refractivity (Wildman–Crippen MR) is 57.2 cm³/mol. The van der Waals surface area contributed by atoms with E-state index in [0.717, 1.165) is 0 Å². The van der Waals surface area contributed by atoms with Gasteiger partial charge in [-0.15, -0.1) is 0 Å². The van der Waals surface area contributed by atoms with E-state index < -0.39 is 17.5 Å². The molecule has 0 saturated heterocycles. The fourth-order valence-corrected chi connectivity index (χ4v) is 1.21. The molecule has 1 aromatic heterocycles. The Morgan fingerprint density at radius 1 is 1.50 bits per heavy atom. The minimum Gasteiger partial charge on any atom is -0.481 e. The highest BCUT2D eigenvalue weighted by Crippen LogP contribution is 2.33. The molecule has 1 atom stereocenters. The first kappa shape index (κ1) is 12.4. The molecule has 0 amide bonds. The highest BCUT2D eigenvalue weighted by atomic mass is 16.5. The lowest BCUT2D eigenvalue weighted by atomic mass is 9.83. The van der Waals surface area contributed by atoms with Crippen LogP contribution in [0.2, 0.25) is 0 Å². The molecule has 16 heavy (non-hydrogen) atoms. The van der Waals surface area contributed by atoms with Gasteiger partial charge < -0.3 is 14.9 Å². The van der Waals surface area contributed by atoms with Crippen LogP contribution in [0.5, 0.6) is 5.88 Å². The Bertz CT molecular complexity index is 372. The van der Waals surface area contributed by atoms with Gasteiger partial charge in [0.05, 0.1) is 18.6 Å². The fourth-order valence-electron chi connectivity index (χ4n) is 1.21. The second-order valence-corrected chi connectivity index (χ2v) is 4.06. The molecule has 1 aromatic rings. The molecule has 5 nitrogen and oxygen atoms in total. The van der Waals surface area contributed by atoms with E-state index in [4.69, 9.17) is 9.84 Å². The zero-order chi connectivity index (χ0) is 12.3. The van der Waals surface area contributed by atoms with Crippen LogP contribution in [0.25, 0.3) is 0 Å². The predicted octanol–water partition coefficient (Wildman–Crippen LogP) is 1.23. The maximum absolute atomic E-state index is 11.0. The highest BCUT2D eigenvalue weighted by Gasteiger charge is 2.36. The third-order valence-corrected chi connectivity index (χ3v) is 2.52. The summed E-state index contributed by atoms with van der Waals surface area (Å²) in [5.41, 5.74) is -0.802. The molecule has 5 heteroatoms. The number of rotatable bonds is 4. The molecule has 1 heterocycles. The van der Waals surface area contributed by atoms with Crippen molar-refractivity contribution >= 4 is 5.97 Å². The van der Waals surface area contributed by atoms with Crippen LogP contribution in [0.3, 0.4) is 0 Å². The van der Waals surface area contributed by atoms with Crippen LogP contribution in [-0.4, -0.2) is 28.3 Å². The average molecular weight is 225 g/mol. The van der Waals surface area contributed by atoms with E-state index in [9.17, 15) is 9.90 Å². The Hall–Kier alpha value is -1.62. The molecule has 0 bridgehead atoms. The summed E-state index contributed by atoms with van der Waals surface area (Å²) >= 11 is 0. The van der Waals surface area contributed by atoms with Gasteiger partial charge in [-0.05, 0) is 19.9 Å². The number of hydrogen-bond acceptors (Lipinski definition) is 4. The number of aromatic nitrogens is 1. The summed E-state index contributed by atoms with van der Waals surface area (Å²) in [5, 5.41) is 18.9. The van der Waals surface area contributed by atoms with E-state index in [0.29, 0.717) is 11.4 Å². The molecule has 0 fully saturated rings. The molecule has 0 aliphatic heterocycles. The Morgan fingerprint density at radius 3 is 2.50 bits per heavy atom. The lowest BCUT2D eigenvalue weighted by Crippen LogP contribution is -2.31. The van der Waals surface area contributed by atoms with Gasteiger partial charge in [0.1, 0.15) is 0 Å². The average Bonchev–Trinajstić information content (AvgIpc) is 2.28. The molecule has 1 unspecified atom stereocenters. The van der Waals surface area contributed by atoms with Crippen LogP contribution >= 0.6 is 0 Å². The maximum atomic E-state index is 11.0. The minimum absolute atomic E-state index is 0.420. The number of carbonyl (C=O) groups is 1. The quantitative estimate of drug-likeness (QED) is 0.805. The standard InChI is InChI=1S/C11H15NO4/c1-11(2,10(14)15)9(13)7-4-5-8(16-3)12-6-7/h4-6,9,13H,1-3H3,(H,14,15). The number of aliphatic hydroxyl groups is 1.